The molecule has 53 heavy (non-hydrogen) atoms. The molecule has 0 bridgehead atoms. The molecule has 5 rings (SSSR count). The Kier molecular flexibility index (Phi) is 12.6. The van der Waals surface area contributed by atoms with Crippen molar-refractivity contribution in [3.05, 3.63) is 36.1 Å². The summed E-state index contributed by atoms with van der Waals surface area (Å²) in [6.45, 7) is 7.17. The number of carbonyl (C=O) groups is 1. The second-order valence-electron chi connectivity index (χ2n) is 16.1. The highest BCUT2D eigenvalue weighted by Gasteiger charge is 2.61. The number of esters is 1. The first-order chi connectivity index (χ1) is 24.7. The van der Waals surface area contributed by atoms with Gasteiger partial charge in [0.05, 0.1) is 31.0 Å². The van der Waals surface area contributed by atoms with Crippen LogP contribution in [0.25, 0.3) is 0 Å². The van der Waals surface area contributed by atoms with E-state index in [0.29, 0.717) is 24.8 Å². The molecule has 17 nitrogen and oxygen atoms in total. The average Bonchev–Trinajstić information content (AvgIpc) is 3.36. The maximum Gasteiger partial charge on any atom is 0.331 e. The fourth-order valence-electron chi connectivity index (χ4n) is 8.50. The van der Waals surface area contributed by atoms with Crippen molar-refractivity contribution in [1.29, 1.82) is 0 Å². The van der Waals surface area contributed by atoms with Gasteiger partial charge >= 0.3 is 5.97 Å². The van der Waals surface area contributed by atoms with Gasteiger partial charge in [-0.15, -0.1) is 0 Å². The number of allylic oxidation sites excluding steroid dienone is 2. The largest absolute Gasteiger partial charge is 0.472 e. The zero-order valence-corrected chi connectivity index (χ0v) is 30.5. The van der Waals surface area contributed by atoms with Gasteiger partial charge in [0, 0.05) is 18.4 Å². The summed E-state index contributed by atoms with van der Waals surface area (Å²) in [5.74, 6) is -2.17. The Balaban J connectivity index is 1.28. The van der Waals surface area contributed by atoms with Crippen LogP contribution < -0.4 is 0 Å². The second kappa shape index (κ2) is 15.8. The molecular formula is C36H56O17. The van der Waals surface area contributed by atoms with Crippen LogP contribution in [0.1, 0.15) is 60.3 Å². The Bertz CT molecular complexity index is 1380. The smallest absolute Gasteiger partial charge is 0.331 e. The molecular weight excluding hydrogens is 704 g/mol. The number of carbonyl (C=O) groups excluding carboxylic acids is 1. The minimum absolute atomic E-state index is 0.0133. The highest BCUT2D eigenvalue weighted by Crippen LogP contribution is 2.53. The summed E-state index contributed by atoms with van der Waals surface area (Å²) in [5, 5.41) is 105. The summed E-state index contributed by atoms with van der Waals surface area (Å²) in [5.41, 5.74) is -5.00. The van der Waals surface area contributed by atoms with E-state index in [0.717, 1.165) is 0 Å². The molecule has 17 atom stereocenters. The Hall–Kier alpha value is -2.07. The predicted molar refractivity (Wildman–Crippen MR) is 180 cm³/mol. The zero-order chi connectivity index (χ0) is 39.3. The molecule has 302 valence electrons. The van der Waals surface area contributed by atoms with E-state index < -0.39 is 127 Å². The van der Waals surface area contributed by atoms with Gasteiger partial charge in [0.1, 0.15) is 66.1 Å². The van der Waals surface area contributed by atoms with E-state index in [9.17, 15) is 55.9 Å². The molecule has 17 heteroatoms. The molecule has 2 saturated heterocycles. The summed E-state index contributed by atoms with van der Waals surface area (Å²) < 4.78 is 34.5. The van der Waals surface area contributed by atoms with Crippen LogP contribution >= 0.6 is 0 Å². The van der Waals surface area contributed by atoms with Crippen molar-refractivity contribution in [2.45, 2.75) is 151 Å². The fraction of sp³-hybridized carbons (Fsp3) is 0.806. The van der Waals surface area contributed by atoms with E-state index in [1.54, 1.807) is 19.9 Å². The van der Waals surface area contributed by atoms with Gasteiger partial charge in [-0.3, -0.25) is 0 Å². The van der Waals surface area contributed by atoms with Gasteiger partial charge in [0.15, 0.2) is 12.6 Å². The lowest BCUT2D eigenvalue weighted by Gasteiger charge is -2.57. The highest BCUT2D eigenvalue weighted by molar-refractivity contribution is 5.83. The molecule has 2 aliphatic carbocycles. The first-order valence-electron chi connectivity index (χ1n) is 18.0. The van der Waals surface area contributed by atoms with Crippen LogP contribution in [0.4, 0.5) is 0 Å². The number of rotatable bonds is 10. The minimum atomic E-state index is -1.71. The molecule has 0 spiro atoms. The van der Waals surface area contributed by atoms with Gasteiger partial charge in [-0.2, -0.15) is 0 Å². The van der Waals surface area contributed by atoms with Crippen molar-refractivity contribution in [3.8, 4) is 0 Å². The lowest BCUT2D eigenvalue weighted by Crippen LogP contribution is -2.67. The molecule has 0 aromatic carbocycles. The Morgan fingerprint density at radius 2 is 1.42 bits per heavy atom. The molecule has 4 fully saturated rings. The standard InChI is InChI=1S/C36H56O17/c1-17(7-11-36(47)33(2,3)9-6-10-35(36,5)53-32-29(45)27(43)25(41)21(16-38)51-32)13-22(39)49-19-14-34(4,46)23-18(19)8-12-48-30(23)52-31-28(44)26(42)24(40)20(15-37)50-31/h7-8,11-13,18-21,23-32,37-38,40-47H,6,9-10,14-16H2,1-5H3/b11-7+,17-13+/t18-,19+,20+,21+,23+,24+,25+,26-,27-,28+,29+,30-,31-,32?,34-,35+,36+/m0/s1. The summed E-state index contributed by atoms with van der Waals surface area (Å²) in [4.78, 5) is 13.2. The lowest BCUT2D eigenvalue weighted by molar-refractivity contribution is -0.352. The lowest BCUT2D eigenvalue weighted by atomic mass is 9.58. The predicted octanol–water partition coefficient (Wildman–Crippen LogP) is -2.01. The Labute approximate surface area is 307 Å². The van der Waals surface area contributed by atoms with Crippen LogP contribution in [0.5, 0.6) is 0 Å². The Morgan fingerprint density at radius 3 is 2.02 bits per heavy atom. The van der Waals surface area contributed by atoms with E-state index in [-0.39, 0.29) is 6.42 Å². The Morgan fingerprint density at radius 1 is 0.830 bits per heavy atom. The molecule has 2 saturated carbocycles. The number of fused-ring (bicyclic) bond motifs is 1. The maximum atomic E-state index is 13.2. The van der Waals surface area contributed by atoms with E-state index in [4.69, 9.17) is 28.4 Å². The molecule has 3 aliphatic heterocycles. The third-order valence-corrected chi connectivity index (χ3v) is 11.8. The summed E-state index contributed by atoms with van der Waals surface area (Å²) >= 11 is 0. The summed E-state index contributed by atoms with van der Waals surface area (Å²) in [6.07, 6.45) is -8.66. The van der Waals surface area contributed by atoms with Crippen LogP contribution in [0.2, 0.25) is 0 Å². The molecule has 0 aromatic heterocycles. The van der Waals surface area contributed by atoms with Crippen molar-refractivity contribution in [2.75, 3.05) is 13.2 Å². The van der Waals surface area contributed by atoms with Crippen molar-refractivity contribution in [2.24, 2.45) is 17.3 Å². The third kappa shape index (κ3) is 7.97. The van der Waals surface area contributed by atoms with Gasteiger partial charge in [-0.25, -0.2) is 4.79 Å². The third-order valence-electron chi connectivity index (χ3n) is 11.8. The number of aliphatic hydroxyl groups excluding tert-OH is 8. The first kappa shape index (κ1) is 42.1. The molecule has 0 aromatic rings. The number of aliphatic hydroxyl groups is 10. The number of ether oxygens (including phenoxy) is 6. The van der Waals surface area contributed by atoms with Gasteiger partial charge in [0.25, 0.3) is 0 Å². The average molecular weight is 761 g/mol. The molecule has 5 aliphatic rings. The molecule has 10 N–H and O–H groups in total. The van der Waals surface area contributed by atoms with Crippen molar-refractivity contribution < 1.29 is 84.3 Å². The van der Waals surface area contributed by atoms with Crippen molar-refractivity contribution >= 4 is 5.97 Å². The minimum Gasteiger partial charge on any atom is -0.472 e. The molecule has 3 heterocycles. The van der Waals surface area contributed by atoms with Crippen LogP contribution in [0.15, 0.2) is 36.1 Å². The van der Waals surface area contributed by atoms with Gasteiger partial charge in [-0.05, 0) is 63.2 Å². The zero-order valence-electron chi connectivity index (χ0n) is 30.5. The van der Waals surface area contributed by atoms with E-state index in [2.05, 4.69) is 0 Å². The number of hydrogen-bond acceptors (Lipinski definition) is 17. The van der Waals surface area contributed by atoms with E-state index in [1.165, 1.54) is 31.4 Å². The van der Waals surface area contributed by atoms with Gasteiger partial charge in [0.2, 0.25) is 6.29 Å². The molecule has 1 unspecified atom stereocenters. The SMILES string of the molecule is CC(/C=C/[C@@]1(O)C(C)(C)CCC[C@@]1(C)OC1O[C@H](CO)[C@@H](O)[C@H](O)[C@H]1O)=C\C(=O)O[C@@H]1C[C@](C)(O)[C@H]2[C@H](O[C@@H]3O[C@H](CO)[C@@H](O)[C@H](O)[C@H]3O)OC=C[C@H]21. The fourth-order valence-corrected chi connectivity index (χ4v) is 8.50. The van der Waals surface area contributed by atoms with Crippen LogP contribution in [-0.2, 0) is 33.2 Å². The van der Waals surface area contributed by atoms with Gasteiger partial charge < -0.3 is 79.5 Å². The first-order valence-corrected chi connectivity index (χ1v) is 18.0. The molecule has 0 radical (unpaired) electrons. The highest BCUT2D eigenvalue weighted by atomic mass is 16.8. The number of hydrogen-bond donors (Lipinski definition) is 10. The quantitative estimate of drug-likeness (QED) is 0.0655. The molecule has 0 amide bonds. The summed E-state index contributed by atoms with van der Waals surface area (Å²) in [7, 11) is 0. The van der Waals surface area contributed by atoms with E-state index in [1.807, 2.05) is 13.8 Å². The van der Waals surface area contributed by atoms with Crippen LogP contribution in [0, 0.1) is 17.3 Å². The topological polar surface area (TPSA) is 275 Å². The van der Waals surface area contributed by atoms with E-state index >= 15 is 0 Å². The maximum absolute atomic E-state index is 13.2. The van der Waals surface area contributed by atoms with Crippen LogP contribution in [-0.4, -0.2) is 161 Å². The normalized spacial score (nSPS) is 48.7. The van der Waals surface area contributed by atoms with Crippen LogP contribution in [0.3, 0.4) is 0 Å². The monoisotopic (exact) mass is 760 g/mol. The second-order valence-corrected chi connectivity index (χ2v) is 16.1. The van der Waals surface area contributed by atoms with Crippen molar-refractivity contribution in [1.82, 2.24) is 0 Å². The summed E-state index contributed by atoms with van der Waals surface area (Å²) in [6, 6.07) is 0. The van der Waals surface area contributed by atoms with Gasteiger partial charge in [-0.1, -0.05) is 19.9 Å². The van der Waals surface area contributed by atoms with Crippen molar-refractivity contribution in [3.63, 3.8) is 0 Å².